The molecule has 2 aromatic heterocycles. The van der Waals surface area contributed by atoms with Crippen molar-refractivity contribution in [1.29, 1.82) is 0 Å². The highest BCUT2D eigenvalue weighted by atomic mass is 32.2. The predicted molar refractivity (Wildman–Crippen MR) is 122 cm³/mol. The summed E-state index contributed by atoms with van der Waals surface area (Å²) in [7, 11) is 0. The minimum Gasteiger partial charge on any atom is -0.337 e. The van der Waals surface area contributed by atoms with E-state index in [2.05, 4.69) is 16.4 Å². The average Bonchev–Trinajstić information content (AvgIpc) is 3.34. The SMILES string of the molecule is O=C(Nc1ccc(SCc2cccnc2)cc1)C1CCCN(C(=O)c2cccs2)C1. The van der Waals surface area contributed by atoms with E-state index in [-0.39, 0.29) is 17.7 Å². The summed E-state index contributed by atoms with van der Waals surface area (Å²) in [6.07, 6.45) is 5.30. The minimum absolute atomic E-state index is 0.0190. The van der Waals surface area contributed by atoms with Gasteiger partial charge in [-0.1, -0.05) is 12.1 Å². The molecule has 1 aliphatic rings. The number of hydrogen-bond acceptors (Lipinski definition) is 5. The van der Waals surface area contributed by atoms with E-state index < -0.39 is 0 Å². The van der Waals surface area contributed by atoms with Crippen molar-refractivity contribution in [1.82, 2.24) is 9.88 Å². The van der Waals surface area contributed by atoms with E-state index in [0.29, 0.717) is 13.1 Å². The number of likely N-dealkylation sites (tertiary alicyclic amines) is 1. The second kappa shape index (κ2) is 9.91. The molecular formula is C23H23N3O2S2. The number of carbonyl (C=O) groups is 2. The Morgan fingerprint density at radius 2 is 2.03 bits per heavy atom. The van der Waals surface area contributed by atoms with Crippen LogP contribution in [0.5, 0.6) is 0 Å². The third-order valence-corrected chi connectivity index (χ3v) is 7.00. The first-order valence-corrected chi connectivity index (χ1v) is 11.8. The first-order valence-electron chi connectivity index (χ1n) is 9.94. The molecule has 1 saturated heterocycles. The third kappa shape index (κ3) is 5.29. The molecule has 1 aromatic carbocycles. The van der Waals surface area contributed by atoms with Gasteiger partial charge in [0.15, 0.2) is 0 Å². The fraction of sp³-hybridized carbons (Fsp3) is 0.261. The quantitative estimate of drug-likeness (QED) is 0.556. The van der Waals surface area contributed by atoms with Gasteiger partial charge in [-0.25, -0.2) is 0 Å². The molecule has 0 bridgehead atoms. The van der Waals surface area contributed by atoms with E-state index in [0.717, 1.165) is 34.1 Å². The standard InChI is InChI=1S/C23H23N3O2S2/c27-22(18-5-2-12-26(15-18)23(28)21-6-3-13-29-21)25-19-7-9-20(10-8-19)30-16-17-4-1-11-24-14-17/h1,3-4,6-11,13-14,18H,2,5,12,15-16H2,(H,25,27). The molecule has 154 valence electrons. The molecule has 1 N–H and O–H groups in total. The number of rotatable bonds is 6. The van der Waals surface area contributed by atoms with Crippen LogP contribution in [-0.4, -0.2) is 34.8 Å². The number of piperidine rings is 1. The van der Waals surface area contributed by atoms with E-state index in [1.54, 1.807) is 22.9 Å². The van der Waals surface area contributed by atoms with Gasteiger partial charge in [-0.15, -0.1) is 23.1 Å². The van der Waals surface area contributed by atoms with Crippen molar-refractivity contribution in [3.05, 3.63) is 76.7 Å². The van der Waals surface area contributed by atoms with Crippen molar-refractivity contribution in [3.8, 4) is 0 Å². The Morgan fingerprint density at radius 3 is 2.77 bits per heavy atom. The van der Waals surface area contributed by atoms with Gasteiger partial charge in [0, 0.05) is 41.8 Å². The molecule has 0 spiro atoms. The molecule has 7 heteroatoms. The normalized spacial score (nSPS) is 16.3. The van der Waals surface area contributed by atoms with Gasteiger partial charge in [0.05, 0.1) is 10.8 Å². The molecular weight excluding hydrogens is 414 g/mol. The lowest BCUT2D eigenvalue weighted by Gasteiger charge is -2.31. The molecule has 4 rings (SSSR count). The molecule has 3 heterocycles. The molecule has 1 fully saturated rings. The Kier molecular flexibility index (Phi) is 6.81. The van der Waals surface area contributed by atoms with Crippen molar-refractivity contribution >= 4 is 40.6 Å². The number of thioether (sulfide) groups is 1. The molecule has 1 aliphatic heterocycles. The first kappa shape index (κ1) is 20.6. The summed E-state index contributed by atoms with van der Waals surface area (Å²) in [6.45, 7) is 1.19. The fourth-order valence-electron chi connectivity index (χ4n) is 3.46. The highest BCUT2D eigenvalue weighted by Crippen LogP contribution is 2.25. The van der Waals surface area contributed by atoms with Crippen LogP contribution in [0.4, 0.5) is 5.69 Å². The van der Waals surface area contributed by atoms with Crippen LogP contribution in [0.25, 0.3) is 0 Å². The monoisotopic (exact) mass is 437 g/mol. The van der Waals surface area contributed by atoms with E-state index >= 15 is 0 Å². The zero-order chi connectivity index (χ0) is 20.8. The average molecular weight is 438 g/mol. The number of aromatic nitrogens is 1. The van der Waals surface area contributed by atoms with Crippen molar-refractivity contribution in [2.45, 2.75) is 23.5 Å². The van der Waals surface area contributed by atoms with E-state index in [4.69, 9.17) is 0 Å². The van der Waals surface area contributed by atoms with E-state index in [9.17, 15) is 9.59 Å². The molecule has 0 saturated carbocycles. The molecule has 30 heavy (non-hydrogen) atoms. The van der Waals surface area contributed by atoms with Crippen LogP contribution in [0.1, 0.15) is 28.1 Å². The number of benzene rings is 1. The summed E-state index contributed by atoms with van der Waals surface area (Å²) in [6, 6.07) is 15.6. The van der Waals surface area contributed by atoms with Crippen LogP contribution in [0, 0.1) is 5.92 Å². The maximum Gasteiger partial charge on any atom is 0.263 e. The number of anilines is 1. The Hall–Kier alpha value is -2.64. The van der Waals surface area contributed by atoms with Crippen molar-refractivity contribution in [2.75, 3.05) is 18.4 Å². The third-order valence-electron chi connectivity index (χ3n) is 5.06. The van der Waals surface area contributed by atoms with Gasteiger partial charge in [-0.05, 0) is 60.2 Å². The summed E-state index contributed by atoms with van der Waals surface area (Å²) < 4.78 is 0. The van der Waals surface area contributed by atoms with E-state index in [1.165, 1.54) is 16.9 Å². The van der Waals surface area contributed by atoms with Gasteiger partial charge in [-0.3, -0.25) is 14.6 Å². The number of carbonyl (C=O) groups excluding carboxylic acids is 2. The second-order valence-electron chi connectivity index (χ2n) is 7.23. The highest BCUT2D eigenvalue weighted by Gasteiger charge is 2.29. The smallest absolute Gasteiger partial charge is 0.263 e. The topological polar surface area (TPSA) is 62.3 Å². The Morgan fingerprint density at radius 1 is 1.17 bits per heavy atom. The number of amides is 2. The lowest BCUT2D eigenvalue weighted by Crippen LogP contribution is -2.43. The summed E-state index contributed by atoms with van der Waals surface area (Å²) in [5.74, 6) is 0.685. The van der Waals surface area contributed by atoms with Crippen LogP contribution in [0.3, 0.4) is 0 Å². The van der Waals surface area contributed by atoms with Crippen molar-refractivity contribution in [3.63, 3.8) is 0 Å². The number of thiophene rings is 1. The van der Waals surface area contributed by atoms with Crippen LogP contribution < -0.4 is 5.32 Å². The maximum absolute atomic E-state index is 12.8. The van der Waals surface area contributed by atoms with Gasteiger partial charge in [0.1, 0.15) is 0 Å². The van der Waals surface area contributed by atoms with E-state index in [1.807, 2.05) is 54.0 Å². The predicted octanol–water partition coefficient (Wildman–Crippen LogP) is 4.93. The number of nitrogens with one attached hydrogen (secondary N) is 1. The van der Waals surface area contributed by atoms with Crippen molar-refractivity contribution < 1.29 is 9.59 Å². The molecule has 1 atom stereocenters. The lowest BCUT2D eigenvalue weighted by atomic mass is 9.97. The molecule has 5 nitrogen and oxygen atoms in total. The Balaban J connectivity index is 1.30. The van der Waals surface area contributed by atoms with Crippen LogP contribution >= 0.6 is 23.1 Å². The minimum atomic E-state index is -0.178. The Bertz CT molecular complexity index is 975. The summed E-state index contributed by atoms with van der Waals surface area (Å²) in [5, 5.41) is 4.92. The molecule has 3 aromatic rings. The molecule has 1 unspecified atom stereocenters. The largest absolute Gasteiger partial charge is 0.337 e. The summed E-state index contributed by atoms with van der Waals surface area (Å²) in [4.78, 5) is 33.2. The molecule has 2 amide bonds. The zero-order valence-corrected chi connectivity index (χ0v) is 18.1. The molecule has 0 aliphatic carbocycles. The fourth-order valence-corrected chi connectivity index (χ4v) is 4.98. The Labute approximate surface area is 184 Å². The van der Waals surface area contributed by atoms with Gasteiger partial charge in [-0.2, -0.15) is 0 Å². The van der Waals surface area contributed by atoms with Crippen LogP contribution in [0.15, 0.2) is 71.2 Å². The van der Waals surface area contributed by atoms with Gasteiger partial charge in [0.25, 0.3) is 5.91 Å². The van der Waals surface area contributed by atoms with Crippen LogP contribution in [-0.2, 0) is 10.5 Å². The summed E-state index contributed by atoms with van der Waals surface area (Å²) >= 11 is 3.18. The first-order chi connectivity index (χ1) is 14.7. The zero-order valence-electron chi connectivity index (χ0n) is 16.5. The van der Waals surface area contributed by atoms with Crippen LogP contribution in [0.2, 0.25) is 0 Å². The van der Waals surface area contributed by atoms with Gasteiger partial charge < -0.3 is 10.2 Å². The van der Waals surface area contributed by atoms with Crippen molar-refractivity contribution in [2.24, 2.45) is 5.92 Å². The maximum atomic E-state index is 12.8. The number of hydrogen-bond donors (Lipinski definition) is 1. The van der Waals surface area contributed by atoms with Gasteiger partial charge >= 0.3 is 0 Å². The number of pyridine rings is 1. The lowest BCUT2D eigenvalue weighted by molar-refractivity contribution is -0.121. The number of nitrogens with zero attached hydrogens (tertiary/aromatic N) is 2. The molecule has 0 radical (unpaired) electrons. The highest BCUT2D eigenvalue weighted by molar-refractivity contribution is 7.98. The summed E-state index contributed by atoms with van der Waals surface area (Å²) in [5.41, 5.74) is 1.96. The second-order valence-corrected chi connectivity index (χ2v) is 9.23. The van der Waals surface area contributed by atoms with Gasteiger partial charge in [0.2, 0.25) is 5.91 Å².